The van der Waals surface area contributed by atoms with Crippen LogP contribution in [-0.2, 0) is 11.8 Å². The number of nitrogens with zero attached hydrogens (tertiary/aromatic N) is 2. The minimum Gasteiger partial charge on any atom is -0.481 e. The predicted molar refractivity (Wildman–Crippen MR) is 63.3 cm³/mol. The topological polar surface area (TPSA) is 101 Å². The van der Waals surface area contributed by atoms with E-state index in [1.807, 2.05) is 0 Å². The standard InChI is InChI=1S/C11H15N3O4/c1-14-9(15)6-5-8(13-14)11(18)12-7-3-2-4-10(16)17/h5-6H,2-4,7H2,1H3,(H,12,18)(H,16,17). The first-order valence-electron chi connectivity index (χ1n) is 5.55. The molecule has 1 aromatic heterocycles. The number of hydrogen-bond acceptors (Lipinski definition) is 4. The van der Waals surface area contributed by atoms with E-state index in [9.17, 15) is 14.4 Å². The lowest BCUT2D eigenvalue weighted by atomic mass is 10.2. The van der Waals surface area contributed by atoms with Gasteiger partial charge < -0.3 is 10.4 Å². The first kappa shape index (κ1) is 13.9. The largest absolute Gasteiger partial charge is 0.481 e. The Morgan fingerprint density at radius 1 is 1.39 bits per heavy atom. The molecular weight excluding hydrogens is 238 g/mol. The normalized spacial score (nSPS) is 10.1. The molecule has 0 aliphatic carbocycles. The molecule has 0 spiro atoms. The summed E-state index contributed by atoms with van der Waals surface area (Å²) in [5.41, 5.74) is -0.122. The Kier molecular flexibility index (Phi) is 5.04. The maximum Gasteiger partial charge on any atom is 0.303 e. The van der Waals surface area contributed by atoms with E-state index in [1.54, 1.807) is 0 Å². The number of unbranched alkanes of at least 4 members (excludes halogenated alkanes) is 1. The Bertz CT molecular complexity index is 495. The minimum atomic E-state index is -0.846. The lowest BCUT2D eigenvalue weighted by Gasteiger charge is -2.04. The molecule has 0 unspecified atom stereocenters. The smallest absolute Gasteiger partial charge is 0.303 e. The van der Waals surface area contributed by atoms with Gasteiger partial charge in [-0.25, -0.2) is 4.68 Å². The molecule has 7 heteroatoms. The van der Waals surface area contributed by atoms with E-state index in [1.165, 1.54) is 19.2 Å². The maximum absolute atomic E-state index is 11.6. The molecule has 0 aromatic carbocycles. The monoisotopic (exact) mass is 253 g/mol. The third-order valence-corrected chi connectivity index (χ3v) is 2.30. The molecule has 98 valence electrons. The second kappa shape index (κ2) is 6.53. The van der Waals surface area contributed by atoms with Crippen molar-refractivity contribution in [3.05, 3.63) is 28.2 Å². The quantitative estimate of drug-likeness (QED) is 0.682. The van der Waals surface area contributed by atoms with E-state index in [0.717, 1.165) is 4.68 Å². The summed E-state index contributed by atoms with van der Waals surface area (Å²) in [7, 11) is 1.46. The zero-order chi connectivity index (χ0) is 13.5. The molecular formula is C11H15N3O4. The molecule has 7 nitrogen and oxygen atoms in total. The number of rotatable bonds is 6. The minimum absolute atomic E-state index is 0.0912. The number of carboxylic acids is 1. The van der Waals surface area contributed by atoms with Crippen LogP contribution in [0, 0.1) is 0 Å². The van der Waals surface area contributed by atoms with Crippen molar-refractivity contribution in [3.8, 4) is 0 Å². The number of carboxylic acid groups (broad SMARTS) is 1. The van der Waals surface area contributed by atoms with Gasteiger partial charge in [0.05, 0.1) is 0 Å². The fourth-order valence-electron chi connectivity index (χ4n) is 1.32. The molecule has 0 saturated heterocycles. The number of amides is 1. The van der Waals surface area contributed by atoms with Crippen LogP contribution in [0.2, 0.25) is 0 Å². The van der Waals surface area contributed by atoms with E-state index in [-0.39, 0.29) is 23.6 Å². The van der Waals surface area contributed by atoms with Gasteiger partial charge in [-0.1, -0.05) is 0 Å². The first-order chi connectivity index (χ1) is 8.50. The van der Waals surface area contributed by atoms with Gasteiger partial charge in [0.25, 0.3) is 11.5 Å². The second-order valence-electron chi connectivity index (χ2n) is 3.79. The van der Waals surface area contributed by atoms with E-state index < -0.39 is 5.97 Å². The average molecular weight is 253 g/mol. The zero-order valence-electron chi connectivity index (χ0n) is 10.0. The summed E-state index contributed by atoms with van der Waals surface area (Å²) >= 11 is 0. The Labute approximate surface area is 103 Å². The maximum atomic E-state index is 11.6. The Morgan fingerprint density at radius 3 is 2.72 bits per heavy atom. The highest BCUT2D eigenvalue weighted by molar-refractivity contribution is 5.91. The summed E-state index contributed by atoms with van der Waals surface area (Å²) in [6, 6.07) is 2.63. The van der Waals surface area contributed by atoms with Crippen molar-refractivity contribution >= 4 is 11.9 Å². The van der Waals surface area contributed by atoms with Crippen LogP contribution in [0.4, 0.5) is 0 Å². The first-order valence-corrected chi connectivity index (χ1v) is 5.55. The van der Waals surface area contributed by atoms with Crippen LogP contribution in [0.15, 0.2) is 16.9 Å². The average Bonchev–Trinajstić information content (AvgIpc) is 2.31. The molecule has 0 fully saturated rings. The number of hydrogen-bond donors (Lipinski definition) is 2. The van der Waals surface area contributed by atoms with Gasteiger partial charge in [0.2, 0.25) is 0 Å². The van der Waals surface area contributed by atoms with E-state index >= 15 is 0 Å². The summed E-state index contributed by atoms with van der Waals surface area (Å²) in [5.74, 6) is -1.22. The lowest BCUT2D eigenvalue weighted by Crippen LogP contribution is -2.29. The Balaban J connectivity index is 2.39. The van der Waals surface area contributed by atoms with Gasteiger partial charge >= 0.3 is 5.97 Å². The molecule has 1 heterocycles. The molecule has 0 saturated carbocycles. The molecule has 1 amide bonds. The number of carbonyl (C=O) groups is 2. The molecule has 0 atom stereocenters. The van der Waals surface area contributed by atoms with Crippen molar-refractivity contribution < 1.29 is 14.7 Å². The number of carbonyl (C=O) groups excluding carboxylic acids is 1. The Morgan fingerprint density at radius 2 is 2.11 bits per heavy atom. The third kappa shape index (κ3) is 4.36. The highest BCUT2D eigenvalue weighted by Crippen LogP contribution is 1.95. The van der Waals surface area contributed by atoms with E-state index in [4.69, 9.17) is 5.11 Å². The molecule has 2 N–H and O–H groups in total. The highest BCUT2D eigenvalue weighted by Gasteiger charge is 2.07. The molecule has 1 aromatic rings. The predicted octanol–water partition coefficient (Wildman–Crippen LogP) is -0.235. The fourth-order valence-corrected chi connectivity index (χ4v) is 1.32. The van der Waals surface area contributed by atoms with Gasteiger partial charge in [0, 0.05) is 26.1 Å². The van der Waals surface area contributed by atoms with Crippen LogP contribution < -0.4 is 10.9 Å². The van der Waals surface area contributed by atoms with E-state index in [0.29, 0.717) is 19.4 Å². The lowest BCUT2D eigenvalue weighted by molar-refractivity contribution is -0.137. The number of aliphatic carboxylic acids is 1. The number of nitrogens with one attached hydrogen (secondary N) is 1. The van der Waals surface area contributed by atoms with E-state index in [2.05, 4.69) is 10.4 Å². The number of aromatic nitrogens is 2. The number of aryl methyl sites for hydroxylation is 1. The van der Waals surface area contributed by atoms with Gasteiger partial charge in [-0.2, -0.15) is 5.10 Å². The van der Waals surface area contributed by atoms with Gasteiger partial charge in [0.1, 0.15) is 5.69 Å². The van der Waals surface area contributed by atoms with Crippen LogP contribution >= 0.6 is 0 Å². The summed E-state index contributed by atoms with van der Waals surface area (Å²) < 4.78 is 1.08. The Hall–Kier alpha value is -2.18. The van der Waals surface area contributed by atoms with Crippen molar-refractivity contribution in [2.75, 3.05) is 6.54 Å². The van der Waals surface area contributed by atoms with Crippen LogP contribution in [0.5, 0.6) is 0 Å². The third-order valence-electron chi connectivity index (χ3n) is 2.30. The summed E-state index contributed by atoms with van der Waals surface area (Å²) in [6.45, 7) is 0.386. The van der Waals surface area contributed by atoms with Crippen molar-refractivity contribution in [2.45, 2.75) is 19.3 Å². The van der Waals surface area contributed by atoms with Gasteiger partial charge in [-0.15, -0.1) is 0 Å². The fraction of sp³-hybridized carbons (Fsp3) is 0.455. The molecule has 18 heavy (non-hydrogen) atoms. The highest BCUT2D eigenvalue weighted by atomic mass is 16.4. The van der Waals surface area contributed by atoms with Gasteiger partial charge in [0.15, 0.2) is 0 Å². The zero-order valence-corrected chi connectivity index (χ0v) is 10.0. The van der Waals surface area contributed by atoms with Crippen molar-refractivity contribution in [2.24, 2.45) is 7.05 Å². The second-order valence-corrected chi connectivity index (χ2v) is 3.79. The van der Waals surface area contributed by atoms with Gasteiger partial charge in [-0.3, -0.25) is 14.4 Å². The molecule has 0 radical (unpaired) electrons. The van der Waals surface area contributed by atoms with Crippen LogP contribution in [0.25, 0.3) is 0 Å². The van der Waals surface area contributed by atoms with Crippen LogP contribution in [-0.4, -0.2) is 33.3 Å². The van der Waals surface area contributed by atoms with Crippen molar-refractivity contribution in [1.82, 2.24) is 15.1 Å². The molecule has 0 aliphatic heterocycles. The van der Waals surface area contributed by atoms with Crippen molar-refractivity contribution in [3.63, 3.8) is 0 Å². The van der Waals surface area contributed by atoms with Gasteiger partial charge in [-0.05, 0) is 18.9 Å². The summed E-state index contributed by atoms with van der Waals surface area (Å²) in [5, 5.41) is 14.8. The van der Waals surface area contributed by atoms with Crippen molar-refractivity contribution in [1.29, 1.82) is 0 Å². The van der Waals surface area contributed by atoms with Crippen LogP contribution in [0.1, 0.15) is 29.8 Å². The summed E-state index contributed by atoms with van der Waals surface area (Å²) in [6.07, 6.45) is 1.19. The molecule has 0 aliphatic rings. The summed E-state index contributed by atoms with van der Waals surface area (Å²) in [4.78, 5) is 32.9. The molecule has 0 bridgehead atoms. The molecule has 1 rings (SSSR count). The SMILES string of the molecule is Cn1nc(C(=O)NCCCCC(=O)O)ccc1=O. The van der Waals surface area contributed by atoms with Crippen LogP contribution in [0.3, 0.4) is 0 Å².